The number of carbonyl (C=O) groups is 2. The number of amides is 2. The van der Waals surface area contributed by atoms with Crippen molar-refractivity contribution in [1.82, 2.24) is 20.2 Å². The van der Waals surface area contributed by atoms with Crippen molar-refractivity contribution in [3.63, 3.8) is 0 Å². The third-order valence-electron chi connectivity index (χ3n) is 4.39. The molecule has 1 atom stereocenters. The fourth-order valence-electron chi connectivity index (χ4n) is 2.91. The summed E-state index contributed by atoms with van der Waals surface area (Å²) in [5.41, 5.74) is 0. The number of hydrogen-bond acceptors (Lipinski definition) is 6. The molecule has 0 aromatic carbocycles. The molecule has 1 N–H and O–H groups in total. The number of anilines is 1. The number of carbonyl (C=O) groups excluding carboxylic acids is 2. The summed E-state index contributed by atoms with van der Waals surface area (Å²) in [5, 5.41) is 2.80. The van der Waals surface area contributed by atoms with Gasteiger partial charge in [-0.15, -0.1) is 0 Å². The SMILES string of the molecule is CC(C)[C@H](NC(=O)c1ccco1)C(=O)N1CCN(c2ncccn2)CC1. The molecule has 1 aliphatic rings. The van der Waals surface area contributed by atoms with Crippen molar-refractivity contribution < 1.29 is 14.0 Å². The molecule has 138 valence electrons. The van der Waals surface area contributed by atoms with Gasteiger partial charge in [-0.3, -0.25) is 9.59 Å². The van der Waals surface area contributed by atoms with Gasteiger partial charge in [0.25, 0.3) is 5.91 Å². The highest BCUT2D eigenvalue weighted by Gasteiger charge is 2.31. The highest BCUT2D eigenvalue weighted by Crippen LogP contribution is 2.13. The second-order valence-electron chi connectivity index (χ2n) is 6.53. The van der Waals surface area contributed by atoms with Crippen molar-refractivity contribution >= 4 is 17.8 Å². The van der Waals surface area contributed by atoms with E-state index in [4.69, 9.17) is 4.42 Å². The summed E-state index contributed by atoms with van der Waals surface area (Å²) in [7, 11) is 0. The molecule has 0 saturated carbocycles. The van der Waals surface area contributed by atoms with Gasteiger partial charge in [0.2, 0.25) is 11.9 Å². The van der Waals surface area contributed by atoms with Crippen LogP contribution in [0, 0.1) is 5.92 Å². The van der Waals surface area contributed by atoms with Crippen molar-refractivity contribution in [3.05, 3.63) is 42.6 Å². The molecule has 2 amide bonds. The molecular formula is C18H23N5O3. The molecule has 0 aliphatic carbocycles. The van der Waals surface area contributed by atoms with E-state index in [1.165, 1.54) is 6.26 Å². The molecule has 0 bridgehead atoms. The van der Waals surface area contributed by atoms with Gasteiger partial charge in [-0.1, -0.05) is 13.8 Å². The van der Waals surface area contributed by atoms with E-state index in [2.05, 4.69) is 20.2 Å². The predicted octanol–water partition coefficient (Wildman–Crippen LogP) is 1.17. The summed E-state index contributed by atoms with van der Waals surface area (Å²) < 4.78 is 5.11. The lowest BCUT2D eigenvalue weighted by molar-refractivity contribution is -0.134. The van der Waals surface area contributed by atoms with Gasteiger partial charge in [0.05, 0.1) is 6.26 Å². The largest absolute Gasteiger partial charge is 0.459 e. The van der Waals surface area contributed by atoms with Crippen LogP contribution in [0.5, 0.6) is 0 Å². The molecule has 1 aliphatic heterocycles. The van der Waals surface area contributed by atoms with E-state index in [9.17, 15) is 9.59 Å². The van der Waals surface area contributed by atoms with Gasteiger partial charge in [0.1, 0.15) is 6.04 Å². The second kappa shape index (κ2) is 7.99. The van der Waals surface area contributed by atoms with E-state index < -0.39 is 6.04 Å². The summed E-state index contributed by atoms with van der Waals surface area (Å²) in [6.07, 6.45) is 4.85. The average molecular weight is 357 g/mol. The fourth-order valence-corrected chi connectivity index (χ4v) is 2.91. The maximum absolute atomic E-state index is 12.9. The molecule has 0 radical (unpaired) electrons. The van der Waals surface area contributed by atoms with E-state index in [-0.39, 0.29) is 23.5 Å². The first-order valence-electron chi connectivity index (χ1n) is 8.71. The van der Waals surface area contributed by atoms with Crippen LogP contribution in [0.3, 0.4) is 0 Å². The number of furan rings is 1. The Balaban J connectivity index is 1.60. The Morgan fingerprint density at radius 3 is 2.38 bits per heavy atom. The van der Waals surface area contributed by atoms with Crippen LogP contribution in [-0.4, -0.2) is 58.9 Å². The van der Waals surface area contributed by atoms with Crippen molar-refractivity contribution in [1.29, 1.82) is 0 Å². The van der Waals surface area contributed by atoms with Gasteiger partial charge < -0.3 is 19.5 Å². The molecule has 2 aromatic rings. The molecule has 0 spiro atoms. The molecule has 8 heteroatoms. The van der Waals surface area contributed by atoms with Gasteiger partial charge in [0.15, 0.2) is 5.76 Å². The van der Waals surface area contributed by atoms with Crippen LogP contribution in [0.1, 0.15) is 24.4 Å². The second-order valence-corrected chi connectivity index (χ2v) is 6.53. The number of hydrogen-bond donors (Lipinski definition) is 1. The highest BCUT2D eigenvalue weighted by molar-refractivity contribution is 5.95. The van der Waals surface area contributed by atoms with E-state index in [1.807, 2.05) is 13.8 Å². The molecule has 3 rings (SSSR count). The van der Waals surface area contributed by atoms with Crippen molar-refractivity contribution in [2.24, 2.45) is 5.92 Å². The molecule has 8 nitrogen and oxygen atoms in total. The summed E-state index contributed by atoms with van der Waals surface area (Å²) in [6.45, 7) is 6.28. The molecule has 3 heterocycles. The summed E-state index contributed by atoms with van der Waals surface area (Å²) in [5.74, 6) is 0.393. The quantitative estimate of drug-likeness (QED) is 0.864. The van der Waals surface area contributed by atoms with Crippen molar-refractivity contribution in [2.45, 2.75) is 19.9 Å². The molecule has 2 aromatic heterocycles. The van der Waals surface area contributed by atoms with Gasteiger partial charge in [-0.25, -0.2) is 9.97 Å². The third kappa shape index (κ3) is 4.01. The zero-order chi connectivity index (χ0) is 18.5. The first-order valence-corrected chi connectivity index (χ1v) is 8.71. The van der Waals surface area contributed by atoms with E-state index in [1.54, 1.807) is 35.5 Å². The van der Waals surface area contributed by atoms with Gasteiger partial charge in [-0.05, 0) is 24.1 Å². The van der Waals surface area contributed by atoms with Crippen LogP contribution in [-0.2, 0) is 4.79 Å². The minimum absolute atomic E-state index is 0.0306. The molecule has 26 heavy (non-hydrogen) atoms. The summed E-state index contributed by atoms with van der Waals surface area (Å²) in [4.78, 5) is 37.5. The van der Waals surface area contributed by atoms with Crippen molar-refractivity contribution in [3.8, 4) is 0 Å². The van der Waals surface area contributed by atoms with Crippen LogP contribution in [0.25, 0.3) is 0 Å². The van der Waals surface area contributed by atoms with Gasteiger partial charge in [-0.2, -0.15) is 0 Å². The number of nitrogens with zero attached hydrogens (tertiary/aromatic N) is 4. The van der Waals surface area contributed by atoms with Crippen LogP contribution in [0.2, 0.25) is 0 Å². The third-order valence-corrected chi connectivity index (χ3v) is 4.39. The Labute approximate surface area is 152 Å². The highest BCUT2D eigenvalue weighted by atomic mass is 16.3. The zero-order valence-electron chi connectivity index (χ0n) is 15.0. The zero-order valence-corrected chi connectivity index (χ0v) is 15.0. The Kier molecular flexibility index (Phi) is 5.50. The first-order chi connectivity index (χ1) is 12.6. The number of nitrogens with one attached hydrogen (secondary N) is 1. The standard InChI is InChI=1S/C18H23N5O3/c1-13(2)15(21-16(24)14-5-3-12-26-14)17(25)22-8-10-23(11-9-22)18-19-6-4-7-20-18/h3-7,12-13,15H,8-11H2,1-2H3,(H,21,24)/t15-/m0/s1. The topological polar surface area (TPSA) is 91.6 Å². The maximum Gasteiger partial charge on any atom is 0.287 e. The fraction of sp³-hybridized carbons (Fsp3) is 0.444. The van der Waals surface area contributed by atoms with Gasteiger partial charge >= 0.3 is 0 Å². The monoisotopic (exact) mass is 357 g/mol. The van der Waals surface area contributed by atoms with E-state index in [0.717, 1.165) is 0 Å². The smallest absolute Gasteiger partial charge is 0.287 e. The average Bonchev–Trinajstić information content (AvgIpc) is 3.21. The summed E-state index contributed by atoms with van der Waals surface area (Å²) in [6, 6.07) is 4.41. The van der Waals surface area contributed by atoms with Crippen LogP contribution < -0.4 is 10.2 Å². The lowest BCUT2D eigenvalue weighted by atomic mass is 10.0. The lowest BCUT2D eigenvalue weighted by Crippen LogP contribution is -2.56. The number of rotatable bonds is 5. The maximum atomic E-state index is 12.9. The van der Waals surface area contributed by atoms with Crippen LogP contribution in [0.15, 0.2) is 41.3 Å². The molecule has 0 unspecified atom stereocenters. The lowest BCUT2D eigenvalue weighted by Gasteiger charge is -2.37. The van der Waals surface area contributed by atoms with E-state index in [0.29, 0.717) is 32.1 Å². The van der Waals surface area contributed by atoms with Crippen molar-refractivity contribution in [2.75, 3.05) is 31.1 Å². The summed E-state index contributed by atoms with van der Waals surface area (Å²) >= 11 is 0. The minimum atomic E-state index is -0.591. The molecule has 1 saturated heterocycles. The minimum Gasteiger partial charge on any atom is -0.459 e. The Hall–Kier alpha value is -2.90. The van der Waals surface area contributed by atoms with E-state index >= 15 is 0 Å². The normalized spacial score (nSPS) is 15.8. The number of aromatic nitrogens is 2. The van der Waals surface area contributed by atoms with Gasteiger partial charge in [0, 0.05) is 38.6 Å². The first kappa shape index (κ1) is 17.9. The van der Waals surface area contributed by atoms with Crippen LogP contribution in [0.4, 0.5) is 5.95 Å². The molecule has 1 fully saturated rings. The van der Waals surface area contributed by atoms with Crippen LogP contribution >= 0.6 is 0 Å². The Morgan fingerprint density at radius 1 is 1.12 bits per heavy atom. The molecular weight excluding hydrogens is 334 g/mol. The predicted molar refractivity (Wildman–Crippen MR) is 95.6 cm³/mol. The Morgan fingerprint density at radius 2 is 1.81 bits per heavy atom. The number of piperazine rings is 1. The Bertz CT molecular complexity index is 725.